The third-order valence-corrected chi connectivity index (χ3v) is 3.44. The average molecular weight is 321 g/mol. The molecule has 0 aromatic heterocycles. The van der Waals surface area contributed by atoms with Crippen LogP contribution in [0.3, 0.4) is 0 Å². The molecule has 6 nitrogen and oxygen atoms in total. The van der Waals surface area contributed by atoms with Crippen molar-refractivity contribution in [3.63, 3.8) is 0 Å². The summed E-state index contributed by atoms with van der Waals surface area (Å²) in [5, 5.41) is 9.91. The van der Waals surface area contributed by atoms with Crippen LogP contribution in [-0.4, -0.2) is 34.8 Å². The second kappa shape index (κ2) is 7.17. The average Bonchev–Trinajstić information content (AvgIpc) is 2.49. The number of rotatable bonds is 4. The lowest BCUT2D eigenvalue weighted by Crippen LogP contribution is -2.38. The largest absolute Gasteiger partial charge is 0.273 e. The second-order valence-electron chi connectivity index (χ2n) is 5.03. The molecular weight excluding hydrogens is 304 g/mol. The van der Waals surface area contributed by atoms with E-state index in [4.69, 9.17) is 11.6 Å². The summed E-state index contributed by atoms with van der Waals surface area (Å²) in [5.41, 5.74) is 4.77. The number of hydrazone groups is 2. The van der Waals surface area contributed by atoms with Crippen LogP contribution in [0, 0.1) is 0 Å². The van der Waals surface area contributed by atoms with Gasteiger partial charge in [-0.05, 0) is 38.0 Å². The Bertz CT molecular complexity index is 637. The highest BCUT2D eigenvalue weighted by molar-refractivity contribution is 6.30. The topological polar surface area (TPSA) is 74.1 Å². The number of carbonyl (C=O) groups excluding carboxylic acids is 2. The standard InChI is InChI=1S/C15H17ClN4O2/c1-10-3-8-15(22)20(19-10)9-14(21)18-17-11(2)12-4-6-13(16)7-5-12/h4-7H,3,8-9H2,1-2H3,(H,18,21)/b17-11+. The number of amides is 2. The molecule has 0 spiro atoms. The van der Waals surface area contributed by atoms with E-state index in [1.54, 1.807) is 19.1 Å². The summed E-state index contributed by atoms with van der Waals surface area (Å²) in [6.07, 6.45) is 1.03. The minimum atomic E-state index is -0.389. The van der Waals surface area contributed by atoms with Gasteiger partial charge in [0.25, 0.3) is 5.91 Å². The number of hydrogen-bond acceptors (Lipinski definition) is 4. The summed E-state index contributed by atoms with van der Waals surface area (Å²) < 4.78 is 0. The molecule has 0 aliphatic carbocycles. The van der Waals surface area contributed by atoms with Crippen LogP contribution in [0.5, 0.6) is 0 Å². The van der Waals surface area contributed by atoms with Gasteiger partial charge < -0.3 is 0 Å². The Morgan fingerprint density at radius 2 is 2.05 bits per heavy atom. The molecule has 0 saturated carbocycles. The van der Waals surface area contributed by atoms with E-state index >= 15 is 0 Å². The predicted octanol–water partition coefficient (Wildman–Crippen LogP) is 2.18. The van der Waals surface area contributed by atoms with Crippen molar-refractivity contribution in [2.45, 2.75) is 26.7 Å². The first-order valence-corrected chi connectivity index (χ1v) is 7.27. The predicted molar refractivity (Wildman–Crippen MR) is 85.9 cm³/mol. The number of nitrogens with one attached hydrogen (secondary N) is 1. The van der Waals surface area contributed by atoms with Gasteiger partial charge in [-0.2, -0.15) is 10.2 Å². The third kappa shape index (κ3) is 4.39. The summed E-state index contributed by atoms with van der Waals surface area (Å²) in [6, 6.07) is 7.13. The summed E-state index contributed by atoms with van der Waals surface area (Å²) in [6.45, 7) is 3.48. The molecule has 1 aliphatic rings. The molecule has 0 bridgehead atoms. The normalized spacial score (nSPS) is 15.6. The third-order valence-electron chi connectivity index (χ3n) is 3.18. The lowest BCUT2D eigenvalue weighted by atomic mass is 10.1. The summed E-state index contributed by atoms with van der Waals surface area (Å²) in [4.78, 5) is 23.5. The molecule has 1 aromatic rings. The van der Waals surface area contributed by atoms with Gasteiger partial charge in [0.05, 0.1) is 5.71 Å². The van der Waals surface area contributed by atoms with Crippen LogP contribution in [0.15, 0.2) is 34.5 Å². The second-order valence-corrected chi connectivity index (χ2v) is 5.46. The molecule has 0 fully saturated rings. The van der Waals surface area contributed by atoms with Gasteiger partial charge in [-0.25, -0.2) is 10.4 Å². The van der Waals surface area contributed by atoms with Crippen molar-refractivity contribution >= 4 is 34.8 Å². The van der Waals surface area contributed by atoms with E-state index in [1.807, 2.05) is 19.1 Å². The quantitative estimate of drug-likeness (QED) is 0.682. The molecule has 1 N–H and O–H groups in total. The van der Waals surface area contributed by atoms with Crippen LogP contribution in [0.4, 0.5) is 0 Å². The monoisotopic (exact) mass is 320 g/mol. The van der Waals surface area contributed by atoms with Crippen LogP contribution >= 0.6 is 11.6 Å². The van der Waals surface area contributed by atoms with Crippen molar-refractivity contribution in [2.24, 2.45) is 10.2 Å². The first-order valence-electron chi connectivity index (χ1n) is 6.89. The van der Waals surface area contributed by atoms with Gasteiger partial charge in [0.15, 0.2) is 0 Å². The van der Waals surface area contributed by atoms with Gasteiger partial charge in [-0.15, -0.1) is 0 Å². The smallest absolute Gasteiger partial charge is 0.261 e. The van der Waals surface area contributed by atoms with E-state index < -0.39 is 0 Å². The molecule has 2 amide bonds. The van der Waals surface area contributed by atoms with Crippen molar-refractivity contribution < 1.29 is 9.59 Å². The molecule has 1 aromatic carbocycles. The number of benzene rings is 1. The van der Waals surface area contributed by atoms with E-state index in [2.05, 4.69) is 15.6 Å². The maximum atomic E-state index is 11.9. The van der Waals surface area contributed by atoms with E-state index in [1.165, 1.54) is 5.01 Å². The Hall–Kier alpha value is -2.21. The lowest BCUT2D eigenvalue weighted by molar-refractivity contribution is -0.136. The van der Waals surface area contributed by atoms with E-state index in [9.17, 15) is 9.59 Å². The zero-order valence-corrected chi connectivity index (χ0v) is 13.2. The van der Waals surface area contributed by atoms with Crippen LogP contribution in [-0.2, 0) is 9.59 Å². The fourth-order valence-electron chi connectivity index (χ4n) is 1.93. The van der Waals surface area contributed by atoms with E-state index in [-0.39, 0.29) is 18.4 Å². The molecule has 1 aliphatic heterocycles. The Kier molecular flexibility index (Phi) is 5.27. The highest BCUT2D eigenvalue weighted by atomic mass is 35.5. The summed E-state index contributed by atoms with van der Waals surface area (Å²) in [7, 11) is 0. The summed E-state index contributed by atoms with van der Waals surface area (Å²) in [5.74, 6) is -0.542. The Balaban J connectivity index is 1.94. The van der Waals surface area contributed by atoms with Crippen molar-refractivity contribution in [1.29, 1.82) is 0 Å². The van der Waals surface area contributed by atoms with Gasteiger partial charge in [0.2, 0.25) is 5.91 Å². The maximum Gasteiger partial charge on any atom is 0.261 e. The lowest BCUT2D eigenvalue weighted by Gasteiger charge is -2.21. The maximum absolute atomic E-state index is 11.9. The van der Waals surface area contributed by atoms with Crippen molar-refractivity contribution in [2.75, 3.05) is 6.54 Å². The molecular formula is C15H17ClN4O2. The molecule has 2 rings (SSSR count). The zero-order valence-electron chi connectivity index (χ0n) is 12.5. The molecule has 0 radical (unpaired) electrons. The highest BCUT2D eigenvalue weighted by Gasteiger charge is 2.20. The van der Waals surface area contributed by atoms with Crippen molar-refractivity contribution in [3.05, 3.63) is 34.9 Å². The van der Waals surface area contributed by atoms with E-state index in [0.717, 1.165) is 11.3 Å². The number of carbonyl (C=O) groups is 2. The minimum absolute atomic E-state index is 0.131. The van der Waals surface area contributed by atoms with Gasteiger partial charge in [-0.1, -0.05) is 23.7 Å². The van der Waals surface area contributed by atoms with E-state index in [0.29, 0.717) is 23.6 Å². The minimum Gasteiger partial charge on any atom is -0.273 e. The van der Waals surface area contributed by atoms with Crippen molar-refractivity contribution in [1.82, 2.24) is 10.4 Å². The molecule has 0 unspecified atom stereocenters. The Morgan fingerprint density at radius 1 is 1.36 bits per heavy atom. The number of nitrogens with zero attached hydrogens (tertiary/aromatic N) is 3. The molecule has 22 heavy (non-hydrogen) atoms. The molecule has 0 saturated heterocycles. The fraction of sp³-hybridized carbons (Fsp3) is 0.333. The van der Waals surface area contributed by atoms with Gasteiger partial charge in [-0.3, -0.25) is 9.59 Å². The van der Waals surface area contributed by atoms with Gasteiger partial charge in [0.1, 0.15) is 6.54 Å². The van der Waals surface area contributed by atoms with Crippen molar-refractivity contribution in [3.8, 4) is 0 Å². The first kappa shape index (κ1) is 16.2. The number of hydrogen-bond donors (Lipinski definition) is 1. The Labute approximate surface area is 133 Å². The van der Waals surface area contributed by atoms with Gasteiger partial charge in [0, 0.05) is 17.2 Å². The SMILES string of the molecule is CC1=NN(CC(=O)N/N=C(\C)c2ccc(Cl)cc2)C(=O)CC1. The molecule has 116 valence electrons. The first-order chi connectivity index (χ1) is 10.5. The van der Waals surface area contributed by atoms with Crippen LogP contribution in [0.1, 0.15) is 32.3 Å². The summed E-state index contributed by atoms with van der Waals surface area (Å²) >= 11 is 5.82. The van der Waals surface area contributed by atoms with Crippen LogP contribution in [0.25, 0.3) is 0 Å². The Morgan fingerprint density at radius 3 is 2.73 bits per heavy atom. The highest BCUT2D eigenvalue weighted by Crippen LogP contribution is 2.10. The molecule has 7 heteroatoms. The fourth-order valence-corrected chi connectivity index (χ4v) is 2.05. The van der Waals surface area contributed by atoms with Crippen LogP contribution < -0.4 is 5.43 Å². The molecule has 1 heterocycles. The zero-order chi connectivity index (χ0) is 16.1. The molecule has 0 atom stereocenters. The van der Waals surface area contributed by atoms with Crippen LogP contribution in [0.2, 0.25) is 5.02 Å². The van der Waals surface area contributed by atoms with Gasteiger partial charge >= 0.3 is 0 Å². The number of halogens is 1.